The van der Waals surface area contributed by atoms with Gasteiger partial charge >= 0.3 is 11.7 Å². The van der Waals surface area contributed by atoms with Crippen LogP contribution in [-0.4, -0.2) is 21.0 Å². The summed E-state index contributed by atoms with van der Waals surface area (Å²) >= 11 is 0. The number of hydrogen-bond acceptors (Lipinski definition) is 2. The maximum atomic E-state index is 10.9. The van der Waals surface area contributed by atoms with Crippen LogP contribution in [0.15, 0.2) is 10.9 Å². The van der Waals surface area contributed by atoms with E-state index in [0.29, 0.717) is 10.7 Å². The number of carboxylic acids is 1. The lowest BCUT2D eigenvalue weighted by atomic mass is 10.3. The second-order valence-electron chi connectivity index (χ2n) is 2.96. The fourth-order valence-electron chi connectivity index (χ4n) is 1.00. The van der Waals surface area contributed by atoms with Crippen LogP contribution in [-0.2, 0) is 4.79 Å². The van der Waals surface area contributed by atoms with Crippen molar-refractivity contribution in [2.45, 2.75) is 13.8 Å². The molecule has 0 spiro atoms. The topological polar surface area (TPSA) is 86.0 Å². The molecule has 1 rings (SSSR count). The van der Waals surface area contributed by atoms with Crippen LogP contribution in [0, 0.1) is 0 Å². The van der Waals surface area contributed by atoms with Crippen molar-refractivity contribution in [2.75, 3.05) is 0 Å². The number of rotatable bonds is 1. The van der Waals surface area contributed by atoms with E-state index >= 15 is 0 Å². The Balaban J connectivity index is 3.68. The van der Waals surface area contributed by atoms with Gasteiger partial charge in [0.15, 0.2) is 0 Å². The van der Waals surface area contributed by atoms with E-state index in [-0.39, 0.29) is 5.69 Å². The van der Waals surface area contributed by atoms with Gasteiger partial charge in [0.25, 0.3) is 0 Å². The van der Waals surface area contributed by atoms with E-state index in [0.717, 1.165) is 11.6 Å². The van der Waals surface area contributed by atoms with Gasteiger partial charge in [0.2, 0.25) is 0 Å². The minimum absolute atomic E-state index is 0.359. The number of nitrogens with one attached hydrogen (secondary N) is 2. The zero-order chi connectivity index (χ0) is 10.7. The number of aromatic amines is 2. The molecule has 74 valence electrons. The summed E-state index contributed by atoms with van der Waals surface area (Å²) in [6, 6.07) is 0. The summed E-state index contributed by atoms with van der Waals surface area (Å²) in [6.45, 7) is 3.62. The van der Waals surface area contributed by atoms with E-state index in [1.807, 2.05) is 13.8 Å². The van der Waals surface area contributed by atoms with Crippen LogP contribution in [0.4, 0.5) is 0 Å². The molecule has 0 amide bonds. The first-order chi connectivity index (χ1) is 6.50. The molecule has 0 fully saturated rings. The molecule has 14 heavy (non-hydrogen) atoms. The van der Waals surface area contributed by atoms with Crippen LogP contribution in [0.2, 0.25) is 0 Å². The van der Waals surface area contributed by atoms with Gasteiger partial charge in [-0.25, -0.2) is 9.59 Å². The van der Waals surface area contributed by atoms with Gasteiger partial charge in [0, 0.05) is 0 Å². The first kappa shape index (κ1) is 10.1. The predicted octanol–water partition coefficient (Wildman–Crippen LogP) is -1.09. The third-order valence-electron chi connectivity index (χ3n) is 1.57. The Kier molecular flexibility index (Phi) is 2.74. The molecular formula is C9H10N2O3. The number of imidazole rings is 1. The number of aromatic nitrogens is 2. The minimum atomic E-state index is -1.10. The van der Waals surface area contributed by atoms with Gasteiger partial charge in [-0.05, 0) is 19.4 Å². The summed E-state index contributed by atoms with van der Waals surface area (Å²) in [4.78, 5) is 26.2. The molecule has 5 heteroatoms. The number of aliphatic carboxylic acids is 1. The van der Waals surface area contributed by atoms with Gasteiger partial charge in [0.05, 0.1) is 11.4 Å². The average molecular weight is 194 g/mol. The number of carbonyl (C=O) groups is 1. The standard InChI is InChI=1S/C9H10N2O3/c1-5(2)8-6(3-4-7(12)13)10-9(14)11-8/h4H,1-2H3,(H,12,13)(H2,10,11,14). The van der Waals surface area contributed by atoms with Crippen molar-refractivity contribution >= 4 is 17.3 Å². The molecular weight excluding hydrogens is 184 g/mol. The fraction of sp³-hybridized carbons (Fsp3) is 0.222. The van der Waals surface area contributed by atoms with Gasteiger partial charge in [-0.1, -0.05) is 5.73 Å². The number of hydrogen-bond donors (Lipinski definition) is 3. The number of carboxylic acid groups (broad SMARTS) is 1. The van der Waals surface area contributed by atoms with Crippen LogP contribution >= 0.6 is 0 Å². The third-order valence-corrected chi connectivity index (χ3v) is 1.57. The Hall–Kier alpha value is -2.00. The average Bonchev–Trinajstić information content (AvgIpc) is 2.43. The Bertz CT molecular complexity index is 552. The molecule has 5 nitrogen and oxygen atoms in total. The van der Waals surface area contributed by atoms with Crippen molar-refractivity contribution in [2.24, 2.45) is 0 Å². The van der Waals surface area contributed by atoms with Crippen LogP contribution in [0.1, 0.15) is 13.8 Å². The first-order valence-electron chi connectivity index (χ1n) is 3.96. The summed E-state index contributed by atoms with van der Waals surface area (Å²) in [5.74, 6) is -1.10. The van der Waals surface area contributed by atoms with E-state index < -0.39 is 5.97 Å². The van der Waals surface area contributed by atoms with E-state index in [1.165, 1.54) is 0 Å². The van der Waals surface area contributed by atoms with Gasteiger partial charge in [-0.3, -0.25) is 4.98 Å². The molecule has 0 saturated carbocycles. The van der Waals surface area contributed by atoms with E-state index in [2.05, 4.69) is 15.7 Å². The highest BCUT2D eigenvalue weighted by atomic mass is 16.4. The fourth-order valence-corrected chi connectivity index (χ4v) is 1.00. The normalized spacial score (nSPS) is 9.29. The lowest BCUT2D eigenvalue weighted by molar-refractivity contribution is -0.131. The second kappa shape index (κ2) is 3.81. The molecule has 0 unspecified atom stereocenters. The monoisotopic (exact) mass is 194 g/mol. The van der Waals surface area contributed by atoms with Crippen molar-refractivity contribution in [3.05, 3.63) is 27.3 Å². The Labute approximate surface area is 79.1 Å². The van der Waals surface area contributed by atoms with E-state index in [1.54, 1.807) is 0 Å². The smallest absolute Gasteiger partial charge is 0.336 e. The van der Waals surface area contributed by atoms with Crippen LogP contribution < -0.4 is 16.4 Å². The van der Waals surface area contributed by atoms with Crippen molar-refractivity contribution in [3.63, 3.8) is 0 Å². The molecule has 0 aliphatic heterocycles. The second-order valence-corrected chi connectivity index (χ2v) is 2.96. The Morgan fingerprint density at radius 2 is 2.07 bits per heavy atom. The molecule has 1 aromatic heterocycles. The molecule has 3 N–H and O–H groups in total. The van der Waals surface area contributed by atoms with Gasteiger partial charge in [0.1, 0.15) is 5.35 Å². The lowest BCUT2D eigenvalue weighted by Gasteiger charge is -1.81. The highest BCUT2D eigenvalue weighted by Crippen LogP contribution is 1.78. The molecule has 0 aromatic carbocycles. The van der Waals surface area contributed by atoms with Gasteiger partial charge < -0.3 is 10.1 Å². The van der Waals surface area contributed by atoms with E-state index in [4.69, 9.17) is 5.11 Å². The number of H-pyrrole nitrogens is 2. The van der Waals surface area contributed by atoms with Gasteiger partial charge in [-0.15, -0.1) is 0 Å². The van der Waals surface area contributed by atoms with Crippen molar-refractivity contribution in [3.8, 4) is 0 Å². The zero-order valence-electron chi connectivity index (χ0n) is 7.84. The minimum Gasteiger partial charge on any atom is -0.478 e. The SMILES string of the molecule is CC(C)=c1[nH]c(=O)[nH]c1=C=CC(=O)O. The molecule has 0 bridgehead atoms. The van der Waals surface area contributed by atoms with Crippen molar-refractivity contribution in [1.82, 2.24) is 9.97 Å². The first-order valence-corrected chi connectivity index (χ1v) is 3.96. The molecule has 1 heterocycles. The largest absolute Gasteiger partial charge is 0.478 e. The van der Waals surface area contributed by atoms with Crippen molar-refractivity contribution < 1.29 is 9.90 Å². The third kappa shape index (κ3) is 2.24. The molecule has 0 radical (unpaired) electrons. The molecule has 0 aliphatic rings. The van der Waals surface area contributed by atoms with Crippen LogP contribution in [0.25, 0.3) is 11.3 Å². The Morgan fingerprint density at radius 3 is 2.57 bits per heavy atom. The maximum Gasteiger partial charge on any atom is 0.336 e. The zero-order valence-corrected chi connectivity index (χ0v) is 7.84. The Morgan fingerprint density at radius 1 is 1.43 bits per heavy atom. The lowest BCUT2D eigenvalue weighted by Crippen LogP contribution is -2.25. The maximum absolute atomic E-state index is 10.9. The quantitative estimate of drug-likeness (QED) is 0.497. The van der Waals surface area contributed by atoms with Crippen molar-refractivity contribution in [1.29, 1.82) is 0 Å². The van der Waals surface area contributed by atoms with Crippen LogP contribution in [0.3, 0.4) is 0 Å². The summed E-state index contributed by atoms with van der Waals surface area (Å²) in [6.07, 6.45) is 0.853. The van der Waals surface area contributed by atoms with Crippen LogP contribution in [0.5, 0.6) is 0 Å². The summed E-state index contributed by atoms with van der Waals surface area (Å²) in [5.41, 5.74) is 2.99. The molecule has 1 aromatic rings. The van der Waals surface area contributed by atoms with E-state index in [9.17, 15) is 9.59 Å². The summed E-state index contributed by atoms with van der Waals surface area (Å²) in [5, 5.41) is 9.32. The molecule has 0 atom stereocenters. The highest BCUT2D eigenvalue weighted by molar-refractivity contribution is 5.82. The molecule has 0 aliphatic carbocycles. The summed E-state index contributed by atoms with van der Waals surface area (Å²) < 4.78 is 0. The van der Waals surface area contributed by atoms with Gasteiger partial charge in [-0.2, -0.15) is 0 Å². The molecule has 0 saturated heterocycles. The predicted molar refractivity (Wildman–Crippen MR) is 51.0 cm³/mol. The highest BCUT2D eigenvalue weighted by Gasteiger charge is 1.92. The summed E-state index contributed by atoms with van der Waals surface area (Å²) in [7, 11) is 0.